The van der Waals surface area contributed by atoms with E-state index in [1.54, 1.807) is 18.2 Å². The van der Waals surface area contributed by atoms with E-state index in [1.165, 1.54) is 24.3 Å². The number of nitrogens with one attached hydrogen (secondary N) is 2. The van der Waals surface area contributed by atoms with E-state index < -0.39 is 9.84 Å². The van der Waals surface area contributed by atoms with Crippen LogP contribution >= 0.6 is 34.8 Å². The summed E-state index contributed by atoms with van der Waals surface area (Å²) in [6, 6.07) is 10.6. The van der Waals surface area contributed by atoms with Crippen molar-refractivity contribution in [2.24, 2.45) is 4.99 Å². The number of rotatable bonds is 6. The van der Waals surface area contributed by atoms with Gasteiger partial charge in [0.25, 0.3) is 5.91 Å². The molecule has 0 aliphatic rings. The van der Waals surface area contributed by atoms with Gasteiger partial charge in [-0.05, 0) is 54.1 Å². The molecule has 0 aliphatic carbocycles. The summed E-state index contributed by atoms with van der Waals surface area (Å²) < 4.78 is 22.9. The van der Waals surface area contributed by atoms with Crippen molar-refractivity contribution >= 4 is 61.5 Å². The van der Waals surface area contributed by atoms with E-state index in [0.717, 1.165) is 6.26 Å². The average molecular weight is 461 g/mol. The molecule has 0 aromatic heterocycles. The van der Waals surface area contributed by atoms with E-state index in [4.69, 9.17) is 34.8 Å². The first-order chi connectivity index (χ1) is 13.1. The zero-order valence-corrected chi connectivity index (χ0v) is 17.8. The standard InChI is InChI=1S/C18H16Cl3N3O3S/c1-11(10-22-17(25)12-3-8-15(19)16(20)9-12)23-18(21)24-13-4-6-14(7-5-13)28(2,26)27/h3-9H,1,10H2,2H3,(H,22,25)(H,23,24). The molecule has 28 heavy (non-hydrogen) atoms. The summed E-state index contributed by atoms with van der Waals surface area (Å²) in [4.78, 5) is 16.3. The zero-order chi connectivity index (χ0) is 20.9. The van der Waals surface area contributed by atoms with Crippen LogP contribution in [0.5, 0.6) is 0 Å². The molecule has 1 amide bonds. The Balaban J connectivity index is 1.92. The van der Waals surface area contributed by atoms with E-state index >= 15 is 0 Å². The van der Waals surface area contributed by atoms with Crippen molar-refractivity contribution in [1.29, 1.82) is 0 Å². The van der Waals surface area contributed by atoms with Crippen molar-refractivity contribution in [3.8, 4) is 0 Å². The first-order valence-electron chi connectivity index (χ1n) is 7.78. The lowest BCUT2D eigenvalue weighted by molar-refractivity contribution is 0.0957. The van der Waals surface area contributed by atoms with E-state index in [0.29, 0.717) is 22.0 Å². The summed E-state index contributed by atoms with van der Waals surface area (Å²) >= 11 is 17.7. The number of hydrogen-bond donors (Lipinski definition) is 2. The average Bonchev–Trinajstić information content (AvgIpc) is 2.61. The molecular weight excluding hydrogens is 445 g/mol. The number of carbonyl (C=O) groups excluding carboxylic acids is 1. The highest BCUT2D eigenvalue weighted by Crippen LogP contribution is 2.22. The Kier molecular flexibility index (Phi) is 7.48. The van der Waals surface area contributed by atoms with Gasteiger partial charge in [-0.25, -0.2) is 13.4 Å². The molecular formula is C18H16Cl3N3O3S. The number of amides is 1. The van der Waals surface area contributed by atoms with E-state index in [1.807, 2.05) is 0 Å². The number of halogens is 3. The second-order valence-electron chi connectivity index (χ2n) is 5.70. The van der Waals surface area contributed by atoms with Gasteiger partial charge in [-0.15, -0.1) is 0 Å². The fourth-order valence-electron chi connectivity index (χ4n) is 2.03. The number of amidine groups is 1. The van der Waals surface area contributed by atoms with Crippen molar-refractivity contribution in [1.82, 2.24) is 5.32 Å². The van der Waals surface area contributed by atoms with Crippen molar-refractivity contribution in [3.63, 3.8) is 0 Å². The van der Waals surface area contributed by atoms with Gasteiger partial charge < -0.3 is 10.6 Å². The molecule has 2 N–H and O–H groups in total. The van der Waals surface area contributed by atoms with Gasteiger partial charge in [-0.2, -0.15) is 0 Å². The normalized spacial score (nSPS) is 11.8. The minimum Gasteiger partial charge on any atom is -0.346 e. The number of benzene rings is 2. The van der Waals surface area contributed by atoms with Crippen LogP contribution in [0.2, 0.25) is 10.0 Å². The summed E-state index contributed by atoms with van der Waals surface area (Å²) in [5.74, 6) is -0.365. The quantitative estimate of drug-likeness (QED) is 0.381. The Morgan fingerprint density at radius 3 is 2.32 bits per heavy atom. The fraction of sp³-hybridized carbons (Fsp3) is 0.111. The highest BCUT2D eigenvalue weighted by atomic mass is 35.5. The first-order valence-corrected chi connectivity index (χ1v) is 10.8. The number of hydrogen-bond acceptors (Lipinski definition) is 4. The summed E-state index contributed by atoms with van der Waals surface area (Å²) in [5.41, 5.74) is 1.20. The molecule has 6 nitrogen and oxygen atoms in total. The van der Waals surface area contributed by atoms with Crippen LogP contribution in [0.3, 0.4) is 0 Å². The highest BCUT2D eigenvalue weighted by molar-refractivity contribution is 7.90. The van der Waals surface area contributed by atoms with Crippen LogP contribution in [0.4, 0.5) is 5.69 Å². The molecule has 2 aromatic rings. The van der Waals surface area contributed by atoms with Gasteiger partial charge in [0.1, 0.15) is 0 Å². The smallest absolute Gasteiger partial charge is 0.251 e. The SMILES string of the molecule is C=C(CNC(=O)c1ccc(Cl)c(Cl)c1)/N=C(/Cl)Nc1ccc(S(C)(=O)=O)cc1. The number of anilines is 1. The zero-order valence-electron chi connectivity index (χ0n) is 14.7. The molecule has 148 valence electrons. The van der Waals surface area contributed by atoms with E-state index in [9.17, 15) is 13.2 Å². The molecule has 0 heterocycles. The maximum absolute atomic E-state index is 12.1. The molecule has 0 spiro atoms. The van der Waals surface area contributed by atoms with Crippen molar-refractivity contribution < 1.29 is 13.2 Å². The lowest BCUT2D eigenvalue weighted by Crippen LogP contribution is -2.25. The van der Waals surface area contributed by atoms with Gasteiger partial charge >= 0.3 is 0 Å². The summed E-state index contributed by atoms with van der Waals surface area (Å²) in [7, 11) is -3.27. The highest BCUT2D eigenvalue weighted by Gasteiger charge is 2.09. The van der Waals surface area contributed by atoms with Crippen LogP contribution in [-0.4, -0.2) is 32.4 Å². The maximum atomic E-state index is 12.1. The minimum atomic E-state index is -3.27. The monoisotopic (exact) mass is 459 g/mol. The van der Waals surface area contributed by atoms with Crippen molar-refractivity contribution in [2.45, 2.75) is 4.90 Å². The Morgan fingerprint density at radius 1 is 1.11 bits per heavy atom. The summed E-state index contributed by atoms with van der Waals surface area (Å²) in [6.45, 7) is 3.79. The van der Waals surface area contributed by atoms with Crippen LogP contribution in [-0.2, 0) is 9.84 Å². The number of aliphatic imine (C=N–C) groups is 1. The summed E-state index contributed by atoms with van der Waals surface area (Å²) in [6.07, 6.45) is 1.13. The lowest BCUT2D eigenvalue weighted by atomic mass is 10.2. The molecule has 0 bridgehead atoms. The van der Waals surface area contributed by atoms with Gasteiger partial charge in [0, 0.05) is 17.5 Å². The third kappa shape index (κ3) is 6.53. The number of nitrogens with zero attached hydrogens (tertiary/aromatic N) is 1. The molecule has 0 aliphatic heterocycles. The van der Waals surface area contributed by atoms with E-state index in [2.05, 4.69) is 22.2 Å². The van der Waals surface area contributed by atoms with Gasteiger partial charge in [0.15, 0.2) is 9.84 Å². The Labute approximate surface area is 178 Å². The van der Waals surface area contributed by atoms with Gasteiger partial charge in [0.2, 0.25) is 5.29 Å². The molecule has 0 fully saturated rings. The third-order valence-corrected chi connectivity index (χ3v) is 5.47. The Bertz CT molecular complexity index is 1040. The predicted octanol–water partition coefficient (Wildman–Crippen LogP) is 4.35. The maximum Gasteiger partial charge on any atom is 0.251 e. The largest absolute Gasteiger partial charge is 0.346 e. The van der Waals surface area contributed by atoms with Gasteiger partial charge in [-0.1, -0.05) is 29.8 Å². The Hall–Kier alpha value is -2.06. The topological polar surface area (TPSA) is 87.6 Å². The first kappa shape index (κ1) is 22.2. The molecule has 0 radical (unpaired) electrons. The Morgan fingerprint density at radius 2 is 1.75 bits per heavy atom. The second kappa shape index (κ2) is 9.43. The van der Waals surface area contributed by atoms with E-state index in [-0.39, 0.29) is 27.7 Å². The molecule has 0 saturated carbocycles. The molecule has 2 aromatic carbocycles. The van der Waals surface area contributed by atoms with Crippen LogP contribution in [0.25, 0.3) is 0 Å². The summed E-state index contributed by atoms with van der Waals surface area (Å²) in [5, 5.41) is 6.09. The molecule has 0 saturated heterocycles. The van der Waals surface area contributed by atoms with Crippen molar-refractivity contribution in [3.05, 3.63) is 70.3 Å². The van der Waals surface area contributed by atoms with Crippen molar-refractivity contribution in [2.75, 3.05) is 18.1 Å². The minimum absolute atomic E-state index is 0.0147. The van der Waals surface area contributed by atoms with Crippen LogP contribution < -0.4 is 10.6 Å². The molecule has 2 rings (SSSR count). The number of carbonyl (C=O) groups is 1. The molecule has 0 atom stereocenters. The predicted molar refractivity (Wildman–Crippen MR) is 114 cm³/mol. The molecule has 10 heteroatoms. The lowest BCUT2D eigenvalue weighted by Gasteiger charge is -2.08. The fourth-order valence-corrected chi connectivity index (χ4v) is 3.19. The van der Waals surface area contributed by atoms with Crippen LogP contribution in [0.1, 0.15) is 10.4 Å². The van der Waals surface area contributed by atoms with Gasteiger partial charge in [0.05, 0.1) is 27.2 Å². The second-order valence-corrected chi connectivity index (χ2v) is 8.89. The molecule has 0 unspecified atom stereocenters. The van der Waals surface area contributed by atoms with Crippen LogP contribution in [0.15, 0.2) is 64.6 Å². The van der Waals surface area contributed by atoms with Crippen LogP contribution in [0, 0.1) is 0 Å². The van der Waals surface area contributed by atoms with Gasteiger partial charge in [-0.3, -0.25) is 4.79 Å². The number of sulfone groups is 1. The third-order valence-electron chi connectivity index (χ3n) is 3.42.